The molecule has 0 unspecified atom stereocenters. The lowest BCUT2D eigenvalue weighted by molar-refractivity contribution is -0.651. The Labute approximate surface area is 97.3 Å². The zero-order valence-electron chi connectivity index (χ0n) is 10.0. The molecule has 1 aromatic rings. The second kappa shape index (κ2) is 5.30. The van der Waals surface area contributed by atoms with Gasteiger partial charge in [-0.15, -0.1) is 0 Å². The van der Waals surface area contributed by atoms with Gasteiger partial charge < -0.3 is 0 Å². The van der Waals surface area contributed by atoms with E-state index >= 15 is 0 Å². The van der Waals surface area contributed by atoms with E-state index in [4.69, 9.17) is 0 Å². The van der Waals surface area contributed by atoms with E-state index in [-0.39, 0.29) is 0 Å². The molecule has 0 saturated heterocycles. The standard InChI is InChI=1S/C11H19N2O2S/c1-4-5-8-11-9-6-7-10(2)13(11)12-16(3,14)15/h6-7,9,12H,4-5,8H2,1-3H3/q+1. The average molecular weight is 243 g/mol. The Bertz CT molecular complexity index is 455. The van der Waals surface area contributed by atoms with Gasteiger partial charge in [0.05, 0.1) is 6.26 Å². The number of sulfonamides is 1. The molecular weight excluding hydrogens is 224 g/mol. The minimum Gasteiger partial charge on any atom is -0.202 e. The van der Waals surface area contributed by atoms with Crippen LogP contribution in [-0.2, 0) is 16.4 Å². The average Bonchev–Trinajstić information content (AvgIpc) is 2.17. The van der Waals surface area contributed by atoms with Crippen LogP contribution in [0.3, 0.4) is 0 Å². The second-order valence-electron chi connectivity index (χ2n) is 3.96. The van der Waals surface area contributed by atoms with E-state index < -0.39 is 10.0 Å². The smallest absolute Gasteiger partial charge is 0.202 e. The number of rotatable bonds is 5. The van der Waals surface area contributed by atoms with E-state index in [0.29, 0.717) is 0 Å². The van der Waals surface area contributed by atoms with Crippen LogP contribution < -0.4 is 9.51 Å². The molecule has 16 heavy (non-hydrogen) atoms. The number of aryl methyl sites for hydroxylation is 2. The number of aromatic nitrogens is 1. The molecule has 4 nitrogen and oxygen atoms in total. The predicted octanol–water partition coefficient (Wildman–Crippen LogP) is 1.13. The maximum atomic E-state index is 11.2. The summed E-state index contributed by atoms with van der Waals surface area (Å²) in [5, 5.41) is 0. The molecule has 1 aromatic heterocycles. The summed E-state index contributed by atoms with van der Waals surface area (Å²) in [7, 11) is -3.23. The Morgan fingerprint density at radius 3 is 2.62 bits per heavy atom. The molecule has 0 bridgehead atoms. The Morgan fingerprint density at radius 2 is 2.06 bits per heavy atom. The van der Waals surface area contributed by atoms with Crippen molar-refractivity contribution in [3.63, 3.8) is 0 Å². The fourth-order valence-corrected chi connectivity index (χ4v) is 2.12. The molecule has 90 valence electrons. The van der Waals surface area contributed by atoms with Gasteiger partial charge >= 0.3 is 0 Å². The lowest BCUT2D eigenvalue weighted by Crippen LogP contribution is -2.53. The summed E-state index contributed by atoms with van der Waals surface area (Å²) in [5.41, 5.74) is 1.88. The van der Waals surface area contributed by atoms with Gasteiger partial charge in [-0.25, -0.2) is 8.42 Å². The van der Waals surface area contributed by atoms with Crippen LogP contribution in [0.15, 0.2) is 18.2 Å². The van der Waals surface area contributed by atoms with Crippen LogP contribution >= 0.6 is 0 Å². The third-order valence-electron chi connectivity index (χ3n) is 2.31. The third-order valence-corrected chi connectivity index (χ3v) is 2.82. The van der Waals surface area contributed by atoms with Crippen molar-refractivity contribution in [2.75, 3.05) is 11.1 Å². The number of hydrogen-bond acceptors (Lipinski definition) is 2. The molecule has 0 aromatic carbocycles. The van der Waals surface area contributed by atoms with E-state index in [9.17, 15) is 8.42 Å². The zero-order valence-corrected chi connectivity index (χ0v) is 10.8. The van der Waals surface area contributed by atoms with Crippen molar-refractivity contribution in [3.8, 4) is 0 Å². The van der Waals surface area contributed by atoms with Crippen LogP contribution in [0.25, 0.3) is 0 Å². The number of pyridine rings is 1. The molecule has 0 amide bonds. The van der Waals surface area contributed by atoms with Crippen molar-refractivity contribution in [2.24, 2.45) is 0 Å². The number of nitrogens with zero attached hydrogens (tertiary/aromatic N) is 1. The van der Waals surface area contributed by atoms with E-state index in [0.717, 1.165) is 36.9 Å². The first-order chi connectivity index (χ1) is 7.44. The highest BCUT2D eigenvalue weighted by atomic mass is 32.2. The number of unbranched alkanes of at least 4 members (excludes halogenated alkanes) is 1. The van der Waals surface area contributed by atoms with Crippen molar-refractivity contribution in [1.29, 1.82) is 0 Å². The fraction of sp³-hybridized carbons (Fsp3) is 0.545. The summed E-state index contributed by atoms with van der Waals surface area (Å²) in [6.07, 6.45) is 4.18. The van der Waals surface area contributed by atoms with Crippen LogP contribution in [0.4, 0.5) is 0 Å². The first kappa shape index (κ1) is 13.0. The molecule has 0 saturated carbocycles. The maximum Gasteiger partial charge on any atom is 0.274 e. The molecule has 0 aliphatic heterocycles. The van der Waals surface area contributed by atoms with Crippen molar-refractivity contribution in [1.82, 2.24) is 0 Å². The molecule has 1 heterocycles. The highest BCUT2D eigenvalue weighted by Gasteiger charge is 2.17. The van der Waals surface area contributed by atoms with Gasteiger partial charge in [-0.05, 0) is 12.5 Å². The van der Waals surface area contributed by atoms with Crippen LogP contribution in [0.2, 0.25) is 0 Å². The molecule has 0 aliphatic carbocycles. The fourth-order valence-electron chi connectivity index (χ4n) is 1.52. The lowest BCUT2D eigenvalue weighted by atomic mass is 10.2. The Hall–Kier alpha value is -1.10. The molecule has 0 fully saturated rings. The van der Waals surface area contributed by atoms with Crippen LogP contribution in [0, 0.1) is 6.92 Å². The topological polar surface area (TPSA) is 50.1 Å². The van der Waals surface area contributed by atoms with E-state index in [1.54, 1.807) is 4.68 Å². The minimum atomic E-state index is -3.23. The second-order valence-corrected chi connectivity index (χ2v) is 5.69. The summed E-state index contributed by atoms with van der Waals surface area (Å²) >= 11 is 0. The predicted molar refractivity (Wildman–Crippen MR) is 64.2 cm³/mol. The van der Waals surface area contributed by atoms with Crippen molar-refractivity contribution in [2.45, 2.75) is 33.1 Å². The van der Waals surface area contributed by atoms with Crippen LogP contribution in [0.5, 0.6) is 0 Å². The Balaban J connectivity index is 3.03. The summed E-state index contributed by atoms with van der Waals surface area (Å²) in [4.78, 5) is 2.52. The van der Waals surface area contributed by atoms with Gasteiger partial charge in [0.2, 0.25) is 11.4 Å². The van der Waals surface area contributed by atoms with Crippen LogP contribution in [-0.4, -0.2) is 14.7 Å². The van der Waals surface area contributed by atoms with Gasteiger partial charge in [0.15, 0.2) is 0 Å². The first-order valence-corrected chi connectivity index (χ1v) is 7.31. The maximum absolute atomic E-state index is 11.2. The Kier molecular flexibility index (Phi) is 4.29. The highest BCUT2D eigenvalue weighted by Crippen LogP contribution is 2.01. The molecular formula is C11H19N2O2S+. The minimum absolute atomic E-state index is 0.876. The molecule has 0 radical (unpaired) electrons. The quantitative estimate of drug-likeness (QED) is 0.788. The summed E-state index contributed by atoms with van der Waals surface area (Å²) < 4.78 is 24.1. The van der Waals surface area contributed by atoms with E-state index in [2.05, 4.69) is 11.8 Å². The van der Waals surface area contributed by atoms with Gasteiger partial charge in [0.25, 0.3) is 10.0 Å². The molecule has 1 N–H and O–H groups in total. The van der Waals surface area contributed by atoms with Crippen molar-refractivity contribution >= 4 is 10.0 Å². The molecule has 0 spiro atoms. The van der Waals surface area contributed by atoms with E-state index in [1.165, 1.54) is 0 Å². The van der Waals surface area contributed by atoms with Crippen molar-refractivity contribution in [3.05, 3.63) is 29.6 Å². The monoisotopic (exact) mass is 243 g/mol. The molecule has 5 heteroatoms. The van der Waals surface area contributed by atoms with Gasteiger partial charge in [-0.1, -0.05) is 22.9 Å². The number of hydrogen-bond donors (Lipinski definition) is 1. The summed E-state index contributed by atoms with van der Waals surface area (Å²) in [6, 6.07) is 5.77. The number of nitrogens with one attached hydrogen (secondary N) is 1. The first-order valence-electron chi connectivity index (χ1n) is 5.42. The van der Waals surface area contributed by atoms with Gasteiger partial charge in [-0.3, -0.25) is 0 Å². The third kappa shape index (κ3) is 3.81. The summed E-state index contributed by atoms with van der Waals surface area (Å²) in [6.45, 7) is 4.00. The molecule has 0 aliphatic rings. The highest BCUT2D eigenvalue weighted by molar-refractivity contribution is 7.91. The Morgan fingerprint density at radius 1 is 1.38 bits per heavy atom. The summed E-state index contributed by atoms with van der Waals surface area (Å²) in [5.74, 6) is 0. The normalized spacial score (nSPS) is 11.4. The zero-order chi connectivity index (χ0) is 12.2. The largest absolute Gasteiger partial charge is 0.274 e. The van der Waals surface area contributed by atoms with Crippen LogP contribution in [0.1, 0.15) is 31.2 Å². The van der Waals surface area contributed by atoms with Gasteiger partial charge in [-0.2, -0.15) is 0 Å². The molecule has 0 atom stereocenters. The van der Waals surface area contributed by atoms with E-state index in [1.807, 2.05) is 25.1 Å². The van der Waals surface area contributed by atoms with Crippen molar-refractivity contribution < 1.29 is 13.1 Å². The lowest BCUT2D eigenvalue weighted by Gasteiger charge is -2.05. The van der Waals surface area contributed by atoms with Gasteiger partial charge in [0, 0.05) is 25.5 Å². The SMILES string of the molecule is CCCCc1cccc(C)[n+]1NS(C)(=O)=O. The molecule has 1 rings (SSSR count). The van der Waals surface area contributed by atoms with Gasteiger partial charge in [0.1, 0.15) is 0 Å².